The Kier molecular flexibility index (Phi) is 6.90. The first-order valence-electron chi connectivity index (χ1n) is 10.8. The third-order valence-electron chi connectivity index (χ3n) is 5.38. The number of ether oxygens (including phenoxy) is 2. The number of imidazole rings is 1. The van der Waals surface area contributed by atoms with Gasteiger partial charge in [-0.3, -0.25) is 4.79 Å². The zero-order valence-corrected chi connectivity index (χ0v) is 18.7. The van der Waals surface area contributed by atoms with Crippen molar-refractivity contribution in [1.29, 1.82) is 0 Å². The van der Waals surface area contributed by atoms with Crippen molar-refractivity contribution in [2.24, 2.45) is 0 Å². The molecule has 0 saturated heterocycles. The molecule has 1 atom stereocenters. The summed E-state index contributed by atoms with van der Waals surface area (Å²) in [6.07, 6.45) is -0.332. The molecule has 7 nitrogen and oxygen atoms in total. The van der Waals surface area contributed by atoms with E-state index >= 15 is 0 Å². The molecule has 0 aliphatic carbocycles. The molecule has 0 aliphatic rings. The van der Waals surface area contributed by atoms with Crippen LogP contribution >= 0.6 is 0 Å². The van der Waals surface area contributed by atoms with Crippen molar-refractivity contribution in [2.75, 3.05) is 20.3 Å². The lowest BCUT2D eigenvalue weighted by molar-refractivity contribution is 0.0945. The number of benzene rings is 3. The average Bonchev–Trinajstić information content (AvgIpc) is 3.21. The van der Waals surface area contributed by atoms with Crippen LogP contribution in [0.1, 0.15) is 34.8 Å². The molecule has 4 rings (SSSR count). The van der Waals surface area contributed by atoms with Gasteiger partial charge in [0, 0.05) is 17.7 Å². The number of amides is 1. The predicted molar refractivity (Wildman–Crippen MR) is 127 cm³/mol. The highest BCUT2D eigenvalue weighted by Crippen LogP contribution is 2.28. The number of aromatic nitrogens is 2. The zero-order chi connectivity index (χ0) is 23.2. The van der Waals surface area contributed by atoms with Crippen molar-refractivity contribution >= 4 is 16.9 Å². The van der Waals surface area contributed by atoms with E-state index < -0.39 is 0 Å². The molecule has 2 N–H and O–H groups in total. The fourth-order valence-electron chi connectivity index (χ4n) is 3.80. The van der Waals surface area contributed by atoms with Crippen molar-refractivity contribution in [2.45, 2.75) is 19.6 Å². The van der Waals surface area contributed by atoms with Crippen LogP contribution in [-0.2, 0) is 6.54 Å². The maximum absolute atomic E-state index is 12.4. The van der Waals surface area contributed by atoms with E-state index in [-0.39, 0.29) is 25.2 Å². The Labute approximate surface area is 192 Å². The number of para-hydroxylation sites is 2. The average molecular weight is 446 g/mol. The minimum absolute atomic E-state index is 0.111. The van der Waals surface area contributed by atoms with Gasteiger partial charge in [-0.05, 0) is 43.3 Å². The quantitative estimate of drug-likeness (QED) is 0.407. The highest BCUT2D eigenvalue weighted by atomic mass is 16.5. The van der Waals surface area contributed by atoms with E-state index in [2.05, 4.69) is 9.88 Å². The second-order valence-electron chi connectivity index (χ2n) is 7.62. The van der Waals surface area contributed by atoms with E-state index in [0.717, 1.165) is 28.4 Å². The summed E-state index contributed by atoms with van der Waals surface area (Å²) >= 11 is 0. The molecule has 33 heavy (non-hydrogen) atoms. The molecule has 0 saturated carbocycles. The van der Waals surface area contributed by atoms with Crippen molar-refractivity contribution < 1.29 is 19.4 Å². The second kappa shape index (κ2) is 10.2. The van der Waals surface area contributed by atoms with Crippen LogP contribution in [0, 0.1) is 0 Å². The van der Waals surface area contributed by atoms with Gasteiger partial charge in [-0.2, -0.15) is 0 Å². The number of fused-ring (bicyclic) bond motifs is 1. The molecule has 3 aromatic carbocycles. The van der Waals surface area contributed by atoms with Crippen LogP contribution in [0.3, 0.4) is 0 Å². The minimum Gasteiger partial charge on any atom is -0.496 e. The second-order valence-corrected chi connectivity index (χ2v) is 7.62. The number of methoxy groups -OCH3 is 1. The number of hydrogen-bond acceptors (Lipinski definition) is 5. The number of aliphatic hydroxyl groups excluding tert-OH is 1. The zero-order valence-electron chi connectivity index (χ0n) is 18.7. The summed E-state index contributed by atoms with van der Waals surface area (Å²) in [5.41, 5.74) is 3.08. The van der Waals surface area contributed by atoms with Crippen LogP contribution in [0.15, 0.2) is 72.8 Å². The Hall–Kier alpha value is -3.84. The molecule has 1 aromatic heterocycles. The Bertz CT molecular complexity index is 1240. The molecule has 4 aromatic rings. The molecular formula is C26H27N3O4. The number of aliphatic hydroxyl groups is 1. The fourth-order valence-corrected chi connectivity index (χ4v) is 3.80. The molecule has 0 fully saturated rings. The third-order valence-corrected chi connectivity index (χ3v) is 5.38. The summed E-state index contributed by atoms with van der Waals surface area (Å²) in [4.78, 5) is 17.2. The molecule has 1 amide bonds. The van der Waals surface area contributed by atoms with Gasteiger partial charge in [-0.15, -0.1) is 0 Å². The van der Waals surface area contributed by atoms with Crippen LogP contribution in [0.25, 0.3) is 11.0 Å². The van der Waals surface area contributed by atoms with Crippen LogP contribution in [0.4, 0.5) is 0 Å². The monoisotopic (exact) mass is 445 g/mol. The summed E-state index contributed by atoms with van der Waals surface area (Å²) in [5.74, 6) is 2.04. The first-order valence-corrected chi connectivity index (χ1v) is 10.8. The van der Waals surface area contributed by atoms with Gasteiger partial charge < -0.3 is 24.5 Å². The molecular weight excluding hydrogens is 418 g/mol. The van der Waals surface area contributed by atoms with Gasteiger partial charge in [0.15, 0.2) is 11.9 Å². The SMILES string of the molecule is COc1ccccc1Cn1c(C(C)Oc2ccccc2)nc2cc(C(=O)NCCO)ccc21. The number of carbonyl (C=O) groups excluding carboxylic acids is 1. The maximum atomic E-state index is 12.4. The highest BCUT2D eigenvalue weighted by Gasteiger charge is 2.20. The van der Waals surface area contributed by atoms with Gasteiger partial charge in [0.25, 0.3) is 5.91 Å². The summed E-state index contributed by atoms with van der Waals surface area (Å²) in [5, 5.41) is 11.7. The lowest BCUT2D eigenvalue weighted by Crippen LogP contribution is -2.26. The van der Waals surface area contributed by atoms with Gasteiger partial charge in [0.1, 0.15) is 11.5 Å². The number of nitrogens with one attached hydrogen (secondary N) is 1. The highest BCUT2D eigenvalue weighted by molar-refractivity contribution is 5.97. The number of hydrogen-bond donors (Lipinski definition) is 2. The van der Waals surface area contributed by atoms with Gasteiger partial charge >= 0.3 is 0 Å². The summed E-state index contributed by atoms with van der Waals surface area (Å²) in [6.45, 7) is 2.59. The van der Waals surface area contributed by atoms with Crippen LogP contribution in [-0.4, -0.2) is 40.8 Å². The molecule has 1 unspecified atom stereocenters. The van der Waals surface area contributed by atoms with E-state index in [1.165, 1.54) is 0 Å². The maximum Gasteiger partial charge on any atom is 0.251 e. The molecule has 170 valence electrons. The molecule has 0 bridgehead atoms. The molecule has 0 radical (unpaired) electrons. The van der Waals surface area contributed by atoms with Crippen molar-refractivity contribution in [1.82, 2.24) is 14.9 Å². The first-order chi connectivity index (χ1) is 16.1. The van der Waals surface area contributed by atoms with Crippen LogP contribution in [0.2, 0.25) is 0 Å². The van der Waals surface area contributed by atoms with Gasteiger partial charge in [-0.25, -0.2) is 4.98 Å². The van der Waals surface area contributed by atoms with Crippen molar-refractivity contribution in [3.05, 3.63) is 89.7 Å². The van der Waals surface area contributed by atoms with E-state index in [0.29, 0.717) is 17.6 Å². The largest absolute Gasteiger partial charge is 0.496 e. The van der Waals surface area contributed by atoms with E-state index in [1.807, 2.05) is 67.6 Å². The minimum atomic E-state index is -0.332. The van der Waals surface area contributed by atoms with Crippen molar-refractivity contribution in [3.8, 4) is 11.5 Å². The lowest BCUT2D eigenvalue weighted by atomic mass is 10.1. The first kappa shape index (κ1) is 22.4. The van der Waals surface area contributed by atoms with E-state index in [4.69, 9.17) is 19.6 Å². The smallest absolute Gasteiger partial charge is 0.251 e. The standard InChI is InChI=1S/C26H27N3O4/c1-18(33-21-9-4-3-5-10-21)25-28-22-16-19(26(31)27-14-15-30)12-13-23(22)29(25)17-20-8-6-7-11-24(20)32-2/h3-13,16,18,30H,14-15,17H2,1-2H3,(H,27,31). The van der Waals surface area contributed by atoms with Gasteiger partial charge in [-0.1, -0.05) is 36.4 Å². The molecule has 0 aliphatic heterocycles. The Morgan fingerprint density at radius 3 is 2.61 bits per heavy atom. The number of nitrogens with zero attached hydrogens (tertiary/aromatic N) is 2. The molecule has 0 spiro atoms. The Morgan fingerprint density at radius 1 is 1.09 bits per heavy atom. The van der Waals surface area contributed by atoms with Crippen molar-refractivity contribution in [3.63, 3.8) is 0 Å². The summed E-state index contributed by atoms with van der Waals surface area (Å²) < 4.78 is 13.8. The Balaban J connectivity index is 1.76. The summed E-state index contributed by atoms with van der Waals surface area (Å²) in [6, 6.07) is 22.9. The lowest BCUT2D eigenvalue weighted by Gasteiger charge is -2.18. The number of carbonyl (C=O) groups is 1. The normalized spacial score (nSPS) is 11.8. The van der Waals surface area contributed by atoms with Crippen LogP contribution in [0.5, 0.6) is 11.5 Å². The third kappa shape index (κ3) is 4.99. The predicted octanol–water partition coefficient (Wildman–Crippen LogP) is 3.96. The fraction of sp³-hybridized carbons (Fsp3) is 0.231. The van der Waals surface area contributed by atoms with Crippen LogP contribution < -0.4 is 14.8 Å². The Morgan fingerprint density at radius 2 is 1.85 bits per heavy atom. The molecule has 1 heterocycles. The van der Waals surface area contributed by atoms with Gasteiger partial charge in [0.05, 0.1) is 31.3 Å². The number of rotatable bonds is 9. The van der Waals surface area contributed by atoms with E-state index in [9.17, 15) is 4.79 Å². The summed E-state index contributed by atoms with van der Waals surface area (Å²) in [7, 11) is 1.66. The molecule has 7 heteroatoms. The van der Waals surface area contributed by atoms with Gasteiger partial charge in [0.2, 0.25) is 0 Å². The topological polar surface area (TPSA) is 85.6 Å². The van der Waals surface area contributed by atoms with E-state index in [1.54, 1.807) is 19.2 Å².